The molecule has 9 nitrogen and oxygen atoms in total. The van der Waals surface area contributed by atoms with E-state index in [1.807, 2.05) is 41.4 Å². The first-order valence-corrected chi connectivity index (χ1v) is 14.3. The molecule has 2 bridgehead atoms. The smallest absolute Gasteiger partial charge is 0.169 e. The Hall–Kier alpha value is -3.94. The van der Waals surface area contributed by atoms with Gasteiger partial charge in [-0.3, -0.25) is 4.90 Å². The number of halogens is 1. The van der Waals surface area contributed by atoms with Crippen LogP contribution in [-0.2, 0) is 0 Å². The van der Waals surface area contributed by atoms with Gasteiger partial charge in [0.1, 0.15) is 23.7 Å². The first kappa shape index (κ1) is 27.2. The fourth-order valence-electron chi connectivity index (χ4n) is 6.49. The summed E-state index contributed by atoms with van der Waals surface area (Å²) < 4.78 is 13.4. The lowest BCUT2D eigenvalue weighted by molar-refractivity contribution is -0.0112. The van der Waals surface area contributed by atoms with Crippen LogP contribution in [0, 0.1) is 11.8 Å². The maximum atomic E-state index is 13.4. The van der Waals surface area contributed by atoms with Crippen molar-refractivity contribution < 1.29 is 14.6 Å². The summed E-state index contributed by atoms with van der Waals surface area (Å²) in [6, 6.07) is 13.7. The van der Waals surface area contributed by atoms with Crippen LogP contribution in [0.4, 0.5) is 21.6 Å². The SMILES string of the molecule is Nc1nnc(-c2ccccc2O)cc1N1CC2CCC(C1)N2c1ccnc(C#CCN2CCCCC(O)(CF)C2)c1. The van der Waals surface area contributed by atoms with E-state index in [0.717, 1.165) is 56.7 Å². The predicted molar refractivity (Wildman–Crippen MR) is 157 cm³/mol. The van der Waals surface area contributed by atoms with Gasteiger partial charge in [0.2, 0.25) is 0 Å². The minimum Gasteiger partial charge on any atom is -0.507 e. The van der Waals surface area contributed by atoms with Gasteiger partial charge in [-0.05, 0) is 74.9 Å². The molecule has 10 heteroatoms. The fraction of sp³-hybridized carbons (Fsp3) is 0.452. The molecule has 3 aliphatic rings. The number of aliphatic hydroxyl groups is 1. The van der Waals surface area contributed by atoms with Gasteiger partial charge in [-0.2, -0.15) is 0 Å². The van der Waals surface area contributed by atoms with E-state index in [0.29, 0.717) is 54.4 Å². The molecule has 41 heavy (non-hydrogen) atoms. The molecular weight excluding hydrogens is 521 g/mol. The summed E-state index contributed by atoms with van der Waals surface area (Å²) >= 11 is 0. The van der Waals surface area contributed by atoms with Crippen molar-refractivity contribution in [2.45, 2.75) is 49.8 Å². The number of anilines is 3. The largest absolute Gasteiger partial charge is 0.507 e. The van der Waals surface area contributed by atoms with E-state index in [4.69, 9.17) is 5.73 Å². The number of likely N-dealkylation sites (tertiary alicyclic amines) is 1. The zero-order valence-corrected chi connectivity index (χ0v) is 23.1. The second-order valence-corrected chi connectivity index (χ2v) is 11.4. The minimum absolute atomic E-state index is 0.159. The molecule has 0 aliphatic carbocycles. The summed E-state index contributed by atoms with van der Waals surface area (Å²) in [5.74, 6) is 6.92. The Morgan fingerprint density at radius 2 is 1.88 bits per heavy atom. The molecule has 0 amide bonds. The maximum absolute atomic E-state index is 13.4. The van der Waals surface area contributed by atoms with Crippen molar-refractivity contribution >= 4 is 17.2 Å². The molecule has 1 aromatic carbocycles. The van der Waals surface area contributed by atoms with Gasteiger partial charge in [0.15, 0.2) is 5.82 Å². The molecule has 3 aliphatic heterocycles. The number of fused-ring (bicyclic) bond motifs is 2. The van der Waals surface area contributed by atoms with E-state index in [1.54, 1.807) is 12.1 Å². The third-order valence-electron chi connectivity index (χ3n) is 8.50. The molecule has 3 aromatic rings. The molecule has 3 fully saturated rings. The highest BCUT2D eigenvalue weighted by atomic mass is 19.1. The van der Waals surface area contributed by atoms with Gasteiger partial charge in [0.05, 0.1) is 17.9 Å². The highest BCUT2D eigenvalue weighted by molar-refractivity contribution is 5.74. The second-order valence-electron chi connectivity index (χ2n) is 11.4. The van der Waals surface area contributed by atoms with E-state index in [1.165, 1.54) is 0 Å². The number of phenolic OH excluding ortho intramolecular Hbond substituents is 1. The zero-order chi connectivity index (χ0) is 28.4. The van der Waals surface area contributed by atoms with Gasteiger partial charge < -0.3 is 25.7 Å². The highest BCUT2D eigenvalue weighted by Gasteiger charge is 2.41. The number of hydrogen-bond donors (Lipinski definition) is 3. The molecule has 0 spiro atoms. The van der Waals surface area contributed by atoms with Crippen LogP contribution < -0.4 is 15.5 Å². The molecule has 214 valence electrons. The van der Waals surface area contributed by atoms with Gasteiger partial charge in [-0.15, -0.1) is 10.2 Å². The zero-order valence-electron chi connectivity index (χ0n) is 23.1. The van der Waals surface area contributed by atoms with Gasteiger partial charge >= 0.3 is 0 Å². The number of nitrogens with two attached hydrogens (primary N) is 1. The van der Waals surface area contributed by atoms with Crippen molar-refractivity contribution in [1.29, 1.82) is 0 Å². The van der Waals surface area contributed by atoms with E-state index in [2.05, 4.69) is 36.8 Å². The minimum atomic E-state index is -1.26. The molecular formula is C31H36FN7O2. The van der Waals surface area contributed by atoms with Crippen molar-refractivity contribution in [3.8, 4) is 28.8 Å². The van der Waals surface area contributed by atoms with Gasteiger partial charge in [0.25, 0.3) is 0 Å². The third-order valence-corrected chi connectivity index (χ3v) is 8.50. The van der Waals surface area contributed by atoms with Crippen LogP contribution in [0.5, 0.6) is 5.75 Å². The van der Waals surface area contributed by atoms with Gasteiger partial charge in [0, 0.05) is 49.2 Å². The summed E-state index contributed by atoms with van der Waals surface area (Å²) in [6.45, 7) is 2.46. The van der Waals surface area contributed by atoms with E-state index >= 15 is 0 Å². The highest BCUT2D eigenvalue weighted by Crippen LogP contribution is 2.39. The molecule has 3 saturated heterocycles. The summed E-state index contributed by atoms with van der Waals surface area (Å²) in [4.78, 5) is 11.3. The first-order chi connectivity index (χ1) is 19.9. The molecule has 2 aromatic heterocycles. The number of piperazine rings is 1. The van der Waals surface area contributed by atoms with Crippen molar-refractivity contribution in [3.63, 3.8) is 0 Å². The summed E-state index contributed by atoms with van der Waals surface area (Å²) in [7, 11) is 0. The molecule has 0 radical (unpaired) electrons. The Morgan fingerprint density at radius 3 is 2.66 bits per heavy atom. The normalized spacial score (nSPS) is 24.5. The number of nitrogens with zero attached hydrogens (tertiary/aromatic N) is 6. The Bertz CT molecular complexity index is 1450. The monoisotopic (exact) mass is 557 g/mol. The van der Waals surface area contributed by atoms with Crippen molar-refractivity contribution in [2.75, 3.05) is 54.9 Å². The molecule has 6 rings (SSSR count). The van der Waals surface area contributed by atoms with Crippen molar-refractivity contribution in [2.24, 2.45) is 0 Å². The standard InChI is InChI=1S/C31H36FN7O2/c32-20-31(41)12-3-4-14-37(21-31)15-5-6-22-16-23(11-13-34-22)39-24-9-10-25(39)19-38(18-24)28-17-27(35-36-30(28)33)26-7-1-2-8-29(26)40/h1-2,7-8,11,13,16-17,24-25,40-41H,3-4,9-10,12,14-15,18-21H2,(H2,33,36). The Morgan fingerprint density at radius 1 is 1.07 bits per heavy atom. The van der Waals surface area contributed by atoms with Crippen molar-refractivity contribution in [3.05, 3.63) is 54.4 Å². The number of aromatic nitrogens is 3. The van der Waals surface area contributed by atoms with E-state index in [-0.39, 0.29) is 5.75 Å². The number of pyridine rings is 1. The number of aromatic hydroxyl groups is 1. The third kappa shape index (κ3) is 5.78. The van der Waals surface area contributed by atoms with Crippen molar-refractivity contribution in [1.82, 2.24) is 20.1 Å². The second kappa shape index (κ2) is 11.5. The Balaban J connectivity index is 1.16. The first-order valence-electron chi connectivity index (χ1n) is 14.3. The quantitative estimate of drug-likeness (QED) is 0.407. The van der Waals surface area contributed by atoms with Crippen LogP contribution in [-0.4, -0.2) is 87.4 Å². The topological polar surface area (TPSA) is 115 Å². The van der Waals surface area contributed by atoms with E-state index < -0.39 is 12.3 Å². The van der Waals surface area contributed by atoms with Crippen LogP contribution in [0.2, 0.25) is 0 Å². The van der Waals surface area contributed by atoms with Crippen LogP contribution in [0.3, 0.4) is 0 Å². The number of nitrogen functional groups attached to an aromatic ring is 1. The molecule has 3 unspecified atom stereocenters. The number of alkyl halides is 1. The van der Waals surface area contributed by atoms with Crippen LogP contribution >= 0.6 is 0 Å². The number of rotatable bonds is 5. The number of β-amino-alcohol motifs (C(OH)–C–C–N with tert-alkyl or cyclic N) is 1. The van der Waals surface area contributed by atoms with Gasteiger partial charge in [-0.25, -0.2) is 9.37 Å². The number of benzene rings is 1. The van der Waals surface area contributed by atoms with Crippen LogP contribution in [0.1, 0.15) is 37.8 Å². The lowest BCUT2D eigenvalue weighted by atomic mass is 10.00. The maximum Gasteiger partial charge on any atom is 0.169 e. The summed E-state index contributed by atoms with van der Waals surface area (Å²) in [5, 5.41) is 29.2. The number of para-hydroxylation sites is 1. The summed E-state index contributed by atoms with van der Waals surface area (Å²) in [6.07, 6.45) is 6.20. The fourth-order valence-corrected chi connectivity index (χ4v) is 6.49. The number of hydrogen-bond acceptors (Lipinski definition) is 9. The summed E-state index contributed by atoms with van der Waals surface area (Å²) in [5.41, 5.74) is 8.89. The molecule has 0 saturated carbocycles. The predicted octanol–water partition coefficient (Wildman–Crippen LogP) is 3.22. The molecule has 4 N–H and O–H groups in total. The lowest BCUT2D eigenvalue weighted by Crippen LogP contribution is -2.54. The number of phenols is 1. The van der Waals surface area contributed by atoms with Gasteiger partial charge in [-0.1, -0.05) is 18.1 Å². The van der Waals surface area contributed by atoms with Crippen LogP contribution in [0.15, 0.2) is 48.7 Å². The lowest BCUT2D eigenvalue weighted by Gasteiger charge is -2.43. The average Bonchev–Trinajstić information content (AvgIpc) is 3.12. The van der Waals surface area contributed by atoms with Crippen LogP contribution in [0.25, 0.3) is 11.3 Å². The Labute approximate surface area is 239 Å². The van der Waals surface area contributed by atoms with E-state index in [9.17, 15) is 14.6 Å². The average molecular weight is 558 g/mol. The Kier molecular flexibility index (Phi) is 7.65. The molecule has 3 atom stereocenters. The molecule has 5 heterocycles.